The van der Waals surface area contributed by atoms with Gasteiger partial charge in [-0.05, 0) is 0 Å². The Morgan fingerprint density at radius 3 is 1.39 bits per heavy atom. The lowest BCUT2D eigenvalue weighted by Gasteiger charge is -2.11. The highest BCUT2D eigenvalue weighted by Gasteiger charge is 2.08. The predicted octanol–water partition coefficient (Wildman–Crippen LogP) is -4.48. The van der Waals surface area contributed by atoms with Crippen molar-refractivity contribution in [3.63, 3.8) is 0 Å². The van der Waals surface area contributed by atoms with Crippen LogP contribution < -0.4 is 38.3 Å². The molecule has 14 heteroatoms. The molecule has 4 amide bonds. The summed E-state index contributed by atoms with van der Waals surface area (Å²) in [7, 11) is 1.39. The number of carbonyl (C=O) groups is 5. The zero-order valence-corrected chi connectivity index (χ0v) is 15.7. The molecule has 0 aromatic heterocycles. The van der Waals surface area contributed by atoms with Gasteiger partial charge in [-0.25, -0.2) is 16.3 Å². The van der Waals surface area contributed by atoms with E-state index in [9.17, 15) is 24.0 Å². The van der Waals surface area contributed by atoms with E-state index < -0.39 is 5.97 Å². The Morgan fingerprint density at radius 1 is 0.893 bits per heavy atom. The smallest absolute Gasteiger partial charge is 0.323 e. The number of carboxylic acid groups (broad SMARTS) is 1. The topological polar surface area (TPSA) is 207 Å². The molecule has 0 unspecified atom stereocenters. The molecule has 0 aliphatic carbocycles. The molecule has 0 saturated carbocycles. The summed E-state index contributed by atoms with van der Waals surface area (Å²) in [4.78, 5) is 51.8. The SMILES string of the molecule is CN(CC(=O)O)C(=O)CN.O=C1CCNN1.O=C1CCNN1.O=C1CCNN1. The van der Waals surface area contributed by atoms with E-state index in [0.29, 0.717) is 19.3 Å². The van der Waals surface area contributed by atoms with E-state index in [1.54, 1.807) is 0 Å². The van der Waals surface area contributed by atoms with Crippen LogP contribution in [0.5, 0.6) is 0 Å². The summed E-state index contributed by atoms with van der Waals surface area (Å²) in [6.07, 6.45) is 1.87. The van der Waals surface area contributed by atoms with Crippen molar-refractivity contribution in [2.75, 3.05) is 39.8 Å². The molecule has 14 nitrogen and oxygen atoms in total. The van der Waals surface area contributed by atoms with Gasteiger partial charge in [0.2, 0.25) is 23.6 Å². The monoisotopic (exact) mass is 404 g/mol. The van der Waals surface area contributed by atoms with Gasteiger partial charge in [-0.2, -0.15) is 0 Å². The molecule has 3 heterocycles. The first-order valence-corrected chi connectivity index (χ1v) is 8.47. The average Bonchev–Trinajstić information content (AvgIpc) is 3.40. The number of nitrogens with two attached hydrogens (primary N) is 1. The van der Waals surface area contributed by atoms with Gasteiger partial charge in [0.15, 0.2) is 0 Å². The lowest BCUT2D eigenvalue weighted by Crippen LogP contribution is -2.36. The highest BCUT2D eigenvalue weighted by Crippen LogP contribution is 1.81. The van der Waals surface area contributed by atoms with Crippen LogP contribution >= 0.6 is 0 Å². The maximum atomic E-state index is 10.6. The molecule has 28 heavy (non-hydrogen) atoms. The third-order valence-corrected chi connectivity index (χ3v) is 3.09. The van der Waals surface area contributed by atoms with E-state index in [1.165, 1.54) is 7.05 Å². The number of hydrogen-bond donors (Lipinski definition) is 8. The molecule has 0 radical (unpaired) electrons. The molecule has 3 aliphatic heterocycles. The van der Waals surface area contributed by atoms with Crippen LogP contribution in [0.1, 0.15) is 19.3 Å². The molecule has 0 atom stereocenters. The zero-order valence-electron chi connectivity index (χ0n) is 15.7. The van der Waals surface area contributed by atoms with Gasteiger partial charge < -0.3 is 15.7 Å². The quantitative estimate of drug-likeness (QED) is 0.226. The molecule has 3 rings (SSSR count). The number of rotatable bonds is 3. The van der Waals surface area contributed by atoms with Crippen molar-refractivity contribution >= 4 is 29.6 Å². The third-order valence-electron chi connectivity index (χ3n) is 3.09. The molecule has 9 N–H and O–H groups in total. The maximum absolute atomic E-state index is 10.6. The van der Waals surface area contributed by atoms with E-state index in [1.807, 2.05) is 0 Å². The lowest BCUT2D eigenvalue weighted by atomic mass is 10.5. The molecule has 0 aromatic carbocycles. The minimum atomic E-state index is -1.04. The molecule has 160 valence electrons. The minimum Gasteiger partial charge on any atom is -0.480 e. The first kappa shape index (κ1) is 25.2. The van der Waals surface area contributed by atoms with E-state index in [0.717, 1.165) is 24.5 Å². The molecular weight excluding hydrogens is 376 g/mol. The second-order valence-corrected chi connectivity index (χ2v) is 5.52. The fourth-order valence-corrected chi connectivity index (χ4v) is 1.65. The average molecular weight is 404 g/mol. The van der Waals surface area contributed by atoms with Crippen LogP contribution in [0.2, 0.25) is 0 Å². The number of nitrogens with one attached hydrogen (secondary N) is 6. The fourth-order valence-electron chi connectivity index (χ4n) is 1.65. The van der Waals surface area contributed by atoms with Crippen LogP contribution in [0.4, 0.5) is 0 Å². The van der Waals surface area contributed by atoms with Gasteiger partial charge in [0, 0.05) is 45.9 Å². The lowest BCUT2D eigenvalue weighted by molar-refractivity contribution is -0.142. The summed E-state index contributed by atoms with van der Waals surface area (Å²) < 4.78 is 0. The molecular formula is C14H28N8O6. The first-order chi connectivity index (χ1) is 13.3. The molecule has 0 bridgehead atoms. The maximum Gasteiger partial charge on any atom is 0.323 e. The van der Waals surface area contributed by atoms with Crippen molar-refractivity contribution < 1.29 is 29.1 Å². The van der Waals surface area contributed by atoms with Crippen LogP contribution in [0, 0.1) is 0 Å². The Bertz CT molecular complexity index is 472. The highest BCUT2D eigenvalue weighted by atomic mass is 16.4. The van der Waals surface area contributed by atoms with Crippen molar-refractivity contribution in [1.29, 1.82) is 0 Å². The number of likely N-dealkylation sites (N-methyl/N-ethyl adjacent to an activating group) is 1. The van der Waals surface area contributed by atoms with Crippen molar-refractivity contribution in [2.24, 2.45) is 5.73 Å². The second kappa shape index (κ2) is 15.3. The van der Waals surface area contributed by atoms with Crippen LogP contribution in [0.3, 0.4) is 0 Å². The van der Waals surface area contributed by atoms with Crippen molar-refractivity contribution in [2.45, 2.75) is 19.3 Å². The molecule has 3 saturated heterocycles. The summed E-state index contributed by atoms with van der Waals surface area (Å²) in [5, 5.41) is 8.19. The van der Waals surface area contributed by atoms with Crippen LogP contribution in [0.15, 0.2) is 0 Å². The fraction of sp³-hybridized carbons (Fsp3) is 0.643. The Morgan fingerprint density at radius 2 is 1.25 bits per heavy atom. The van der Waals surface area contributed by atoms with Gasteiger partial charge in [-0.15, -0.1) is 0 Å². The summed E-state index contributed by atoms with van der Waals surface area (Å²) in [5.41, 5.74) is 20.3. The number of amides is 4. The summed E-state index contributed by atoms with van der Waals surface area (Å²) in [6.45, 7) is 1.89. The van der Waals surface area contributed by atoms with Crippen molar-refractivity contribution in [3.8, 4) is 0 Å². The van der Waals surface area contributed by atoms with Crippen LogP contribution in [-0.4, -0.2) is 79.4 Å². The Hall–Kier alpha value is -2.81. The molecule has 3 aliphatic rings. The highest BCUT2D eigenvalue weighted by molar-refractivity contribution is 5.82. The third kappa shape index (κ3) is 14.4. The number of nitrogens with zero attached hydrogens (tertiary/aromatic N) is 1. The Balaban J connectivity index is 0.000000356. The Kier molecular flexibility index (Phi) is 13.7. The minimum absolute atomic E-state index is 0.0926. The first-order valence-electron chi connectivity index (χ1n) is 8.47. The van der Waals surface area contributed by atoms with Crippen LogP contribution in [-0.2, 0) is 24.0 Å². The van der Waals surface area contributed by atoms with Crippen LogP contribution in [0.25, 0.3) is 0 Å². The van der Waals surface area contributed by atoms with E-state index in [4.69, 9.17) is 10.8 Å². The van der Waals surface area contributed by atoms with E-state index >= 15 is 0 Å². The van der Waals surface area contributed by atoms with Crippen molar-refractivity contribution in [3.05, 3.63) is 0 Å². The van der Waals surface area contributed by atoms with Gasteiger partial charge in [0.05, 0.1) is 6.54 Å². The molecule has 3 fully saturated rings. The largest absolute Gasteiger partial charge is 0.480 e. The number of aliphatic carboxylic acids is 1. The number of carboxylic acids is 1. The standard InChI is InChI=1S/C5H10N2O3.3C3H6N2O/c1-7(3-5(9)10)4(8)2-6;3*6-3-1-2-4-5-3/h2-3,6H2,1H3,(H,9,10);3*4H,1-2H2,(H,5,6). The van der Waals surface area contributed by atoms with Gasteiger partial charge in [0.1, 0.15) is 6.54 Å². The van der Waals surface area contributed by atoms with Gasteiger partial charge in [-0.1, -0.05) is 0 Å². The summed E-state index contributed by atoms with van der Waals surface area (Å²) >= 11 is 0. The predicted molar refractivity (Wildman–Crippen MR) is 96.6 cm³/mol. The Labute approximate surface area is 161 Å². The summed E-state index contributed by atoms with van der Waals surface area (Å²) in [5.74, 6) is -1.13. The number of hydrogen-bond acceptors (Lipinski definition) is 9. The normalized spacial score (nSPS) is 16.7. The number of carbonyl (C=O) groups excluding carboxylic acids is 4. The van der Waals surface area contributed by atoms with Gasteiger partial charge >= 0.3 is 5.97 Å². The van der Waals surface area contributed by atoms with E-state index in [-0.39, 0.29) is 36.7 Å². The number of hydrazine groups is 3. The second-order valence-electron chi connectivity index (χ2n) is 5.52. The molecule has 0 aromatic rings. The van der Waals surface area contributed by atoms with Crippen molar-refractivity contribution in [1.82, 2.24) is 37.5 Å². The molecule has 0 spiro atoms. The van der Waals surface area contributed by atoms with E-state index in [2.05, 4.69) is 32.6 Å². The van der Waals surface area contributed by atoms with Gasteiger partial charge in [-0.3, -0.25) is 40.3 Å². The zero-order chi connectivity index (χ0) is 21.4. The van der Waals surface area contributed by atoms with Gasteiger partial charge in [0.25, 0.3) is 0 Å². The summed E-state index contributed by atoms with van der Waals surface area (Å²) in [6, 6.07) is 0.